The monoisotopic (exact) mass is 357 g/mol. The van der Waals surface area contributed by atoms with Crippen LogP contribution in [0, 0.1) is 0 Å². The van der Waals surface area contributed by atoms with Crippen LogP contribution in [0.5, 0.6) is 0 Å². The van der Waals surface area contributed by atoms with E-state index in [4.69, 9.17) is 9.47 Å². The molecule has 1 spiro atoms. The zero-order valence-electron chi connectivity index (χ0n) is 16.0. The van der Waals surface area contributed by atoms with Crippen molar-refractivity contribution in [3.8, 4) is 0 Å². The van der Waals surface area contributed by atoms with Gasteiger partial charge in [-0.3, -0.25) is 9.69 Å². The highest BCUT2D eigenvalue weighted by Crippen LogP contribution is 2.46. The maximum Gasteiger partial charge on any atom is 0.415 e. The summed E-state index contributed by atoms with van der Waals surface area (Å²) >= 11 is 0. The van der Waals surface area contributed by atoms with Gasteiger partial charge in [-0.1, -0.05) is 31.4 Å². The SMILES string of the molecule is CC(=O)OC1=CC2(CCCCC2)N(C(=O)OC(C)(C)C)c2ccccc21. The van der Waals surface area contributed by atoms with Crippen LogP contribution in [-0.2, 0) is 14.3 Å². The predicted octanol–water partition coefficient (Wildman–Crippen LogP) is 5.05. The van der Waals surface area contributed by atoms with Crippen molar-refractivity contribution in [1.82, 2.24) is 0 Å². The van der Waals surface area contributed by atoms with E-state index in [1.165, 1.54) is 6.92 Å². The van der Waals surface area contributed by atoms with Gasteiger partial charge in [0, 0.05) is 12.5 Å². The number of esters is 1. The van der Waals surface area contributed by atoms with Crippen molar-refractivity contribution in [1.29, 1.82) is 0 Å². The third-order valence-electron chi connectivity index (χ3n) is 4.80. The standard InChI is InChI=1S/C21H27NO4/c1-15(23)25-18-14-21(12-8-5-9-13-21)22(19(24)26-20(2,3)4)17-11-7-6-10-16(17)18/h6-7,10-11,14H,5,8-9,12-13H2,1-4H3. The van der Waals surface area contributed by atoms with Crippen molar-refractivity contribution in [3.05, 3.63) is 35.9 Å². The van der Waals surface area contributed by atoms with Crippen molar-refractivity contribution in [2.75, 3.05) is 4.90 Å². The van der Waals surface area contributed by atoms with E-state index in [1.54, 1.807) is 4.90 Å². The zero-order valence-corrected chi connectivity index (χ0v) is 16.0. The number of hydrogen-bond acceptors (Lipinski definition) is 4. The number of benzene rings is 1. The number of amides is 1. The van der Waals surface area contributed by atoms with Crippen molar-refractivity contribution < 1.29 is 19.1 Å². The van der Waals surface area contributed by atoms with E-state index >= 15 is 0 Å². The molecule has 1 aromatic rings. The number of fused-ring (bicyclic) bond motifs is 1. The van der Waals surface area contributed by atoms with Gasteiger partial charge in [-0.15, -0.1) is 0 Å². The topological polar surface area (TPSA) is 55.8 Å². The first kappa shape index (κ1) is 18.5. The van der Waals surface area contributed by atoms with E-state index in [-0.39, 0.29) is 12.1 Å². The Morgan fingerprint density at radius 3 is 2.35 bits per heavy atom. The molecule has 1 aromatic carbocycles. The molecule has 0 radical (unpaired) electrons. The molecule has 2 aliphatic rings. The van der Waals surface area contributed by atoms with Gasteiger partial charge >= 0.3 is 12.1 Å². The fourth-order valence-corrected chi connectivity index (χ4v) is 3.86. The van der Waals surface area contributed by atoms with Gasteiger partial charge in [0.25, 0.3) is 0 Å². The molecular weight excluding hydrogens is 330 g/mol. The van der Waals surface area contributed by atoms with E-state index in [0.29, 0.717) is 5.76 Å². The Bertz CT molecular complexity index is 739. The number of carbonyl (C=O) groups excluding carboxylic acids is 2. The Hall–Kier alpha value is -2.30. The van der Waals surface area contributed by atoms with Gasteiger partial charge in [0.05, 0.1) is 11.2 Å². The second-order valence-corrected chi connectivity index (χ2v) is 8.10. The van der Waals surface area contributed by atoms with E-state index in [9.17, 15) is 9.59 Å². The van der Waals surface area contributed by atoms with E-state index in [1.807, 2.05) is 51.1 Å². The van der Waals surface area contributed by atoms with Gasteiger partial charge in [0.2, 0.25) is 0 Å². The fourth-order valence-electron chi connectivity index (χ4n) is 3.86. The van der Waals surface area contributed by atoms with Crippen LogP contribution in [0.1, 0.15) is 65.4 Å². The number of rotatable bonds is 1. The highest BCUT2D eigenvalue weighted by Gasteiger charge is 2.46. The first-order valence-electron chi connectivity index (χ1n) is 9.26. The van der Waals surface area contributed by atoms with Crippen molar-refractivity contribution in [3.63, 3.8) is 0 Å². The molecule has 5 nitrogen and oxygen atoms in total. The van der Waals surface area contributed by atoms with E-state index in [0.717, 1.165) is 43.4 Å². The van der Waals surface area contributed by atoms with Gasteiger partial charge < -0.3 is 9.47 Å². The zero-order chi connectivity index (χ0) is 18.9. The summed E-state index contributed by atoms with van der Waals surface area (Å²) in [4.78, 5) is 26.6. The molecule has 1 fully saturated rings. The molecule has 0 saturated heterocycles. The summed E-state index contributed by atoms with van der Waals surface area (Å²) in [5, 5.41) is 0. The minimum Gasteiger partial charge on any atom is -0.443 e. The Morgan fingerprint density at radius 1 is 1.08 bits per heavy atom. The average Bonchev–Trinajstić information content (AvgIpc) is 2.53. The molecule has 0 N–H and O–H groups in total. The Kier molecular flexibility index (Phi) is 4.82. The first-order valence-corrected chi connectivity index (χ1v) is 9.26. The number of carbonyl (C=O) groups is 2. The normalized spacial score (nSPS) is 18.8. The number of hydrogen-bond donors (Lipinski definition) is 0. The van der Waals surface area contributed by atoms with Crippen molar-refractivity contribution in [2.45, 2.75) is 70.9 Å². The fraction of sp³-hybridized carbons (Fsp3) is 0.524. The summed E-state index contributed by atoms with van der Waals surface area (Å²) in [5.74, 6) is 0.178. The molecule has 1 heterocycles. The number of nitrogens with zero attached hydrogens (tertiary/aromatic N) is 1. The highest BCUT2D eigenvalue weighted by molar-refractivity contribution is 5.97. The lowest BCUT2D eigenvalue weighted by molar-refractivity contribution is -0.134. The minimum absolute atomic E-state index is 0.357. The largest absolute Gasteiger partial charge is 0.443 e. The molecule has 5 heteroatoms. The van der Waals surface area contributed by atoms with Crippen LogP contribution >= 0.6 is 0 Å². The van der Waals surface area contributed by atoms with Crippen molar-refractivity contribution in [2.24, 2.45) is 0 Å². The van der Waals surface area contributed by atoms with Crippen LogP contribution in [0.3, 0.4) is 0 Å². The number of ether oxygens (including phenoxy) is 2. The van der Waals surface area contributed by atoms with Crippen molar-refractivity contribution >= 4 is 23.5 Å². The quantitative estimate of drug-likeness (QED) is 0.660. The summed E-state index contributed by atoms with van der Waals surface area (Å²) in [6.45, 7) is 7.01. The Balaban J connectivity index is 2.12. The lowest BCUT2D eigenvalue weighted by Crippen LogP contribution is -2.55. The smallest absolute Gasteiger partial charge is 0.415 e. The van der Waals surface area contributed by atoms with Gasteiger partial charge in [0.15, 0.2) is 0 Å². The molecule has 140 valence electrons. The molecular formula is C21H27NO4. The number of para-hydroxylation sites is 1. The number of anilines is 1. The van der Waals surface area contributed by atoms with Crippen LogP contribution in [0.2, 0.25) is 0 Å². The first-order chi connectivity index (χ1) is 12.2. The van der Waals surface area contributed by atoms with Crippen LogP contribution in [0.15, 0.2) is 30.3 Å². The van der Waals surface area contributed by atoms with Crippen LogP contribution < -0.4 is 4.90 Å². The van der Waals surface area contributed by atoms with Gasteiger partial charge in [-0.05, 0) is 51.8 Å². The molecule has 1 amide bonds. The predicted molar refractivity (Wildman–Crippen MR) is 101 cm³/mol. The Labute approximate surface area is 155 Å². The van der Waals surface area contributed by atoms with Gasteiger partial charge in [-0.25, -0.2) is 4.79 Å². The summed E-state index contributed by atoms with van der Waals surface area (Å²) in [6.07, 6.45) is 6.43. The highest BCUT2D eigenvalue weighted by atomic mass is 16.6. The van der Waals surface area contributed by atoms with Gasteiger partial charge in [0.1, 0.15) is 11.4 Å². The maximum atomic E-state index is 13.1. The van der Waals surface area contributed by atoms with Crippen LogP contribution in [0.4, 0.5) is 10.5 Å². The molecule has 3 rings (SSSR count). The van der Waals surface area contributed by atoms with E-state index < -0.39 is 11.1 Å². The summed E-state index contributed by atoms with van der Waals surface area (Å²) in [7, 11) is 0. The molecule has 0 atom stereocenters. The lowest BCUT2D eigenvalue weighted by Gasteiger charge is -2.47. The maximum absolute atomic E-state index is 13.1. The van der Waals surface area contributed by atoms with E-state index in [2.05, 4.69) is 0 Å². The second-order valence-electron chi connectivity index (χ2n) is 8.10. The third kappa shape index (κ3) is 3.62. The Morgan fingerprint density at radius 2 is 1.73 bits per heavy atom. The third-order valence-corrected chi connectivity index (χ3v) is 4.80. The molecule has 0 bridgehead atoms. The molecule has 0 aromatic heterocycles. The van der Waals surface area contributed by atoms with Crippen LogP contribution in [-0.4, -0.2) is 23.2 Å². The molecule has 1 aliphatic carbocycles. The minimum atomic E-state index is -0.582. The van der Waals surface area contributed by atoms with Gasteiger partial charge in [-0.2, -0.15) is 0 Å². The lowest BCUT2D eigenvalue weighted by atomic mass is 9.77. The molecule has 1 saturated carbocycles. The summed E-state index contributed by atoms with van der Waals surface area (Å²) < 4.78 is 11.2. The molecule has 0 unspecified atom stereocenters. The summed E-state index contributed by atoms with van der Waals surface area (Å²) in [5.41, 5.74) is 0.383. The summed E-state index contributed by atoms with van der Waals surface area (Å²) in [6, 6.07) is 7.54. The molecule has 1 aliphatic heterocycles. The average molecular weight is 357 g/mol. The molecule has 26 heavy (non-hydrogen) atoms. The second kappa shape index (κ2) is 6.78. The van der Waals surface area contributed by atoms with Crippen LogP contribution in [0.25, 0.3) is 5.76 Å².